The smallest absolute Gasteiger partial charge is 0.238 e. The predicted molar refractivity (Wildman–Crippen MR) is 126 cm³/mol. The maximum absolute atomic E-state index is 13.4. The monoisotopic (exact) mass is 421 g/mol. The van der Waals surface area contributed by atoms with Crippen molar-refractivity contribution in [1.82, 2.24) is 9.80 Å². The zero-order valence-corrected chi connectivity index (χ0v) is 19.2. The van der Waals surface area contributed by atoms with Crippen LogP contribution in [0.2, 0.25) is 0 Å². The van der Waals surface area contributed by atoms with Gasteiger partial charge in [0.15, 0.2) is 0 Å². The van der Waals surface area contributed by atoms with Crippen LogP contribution in [0.4, 0.5) is 5.69 Å². The van der Waals surface area contributed by atoms with Gasteiger partial charge in [0.2, 0.25) is 11.8 Å². The van der Waals surface area contributed by atoms with Crippen LogP contribution in [0, 0.1) is 19.8 Å². The fourth-order valence-corrected chi connectivity index (χ4v) is 4.33. The maximum Gasteiger partial charge on any atom is 0.238 e. The minimum atomic E-state index is -0.106. The summed E-state index contributed by atoms with van der Waals surface area (Å²) in [5.74, 6) is 0.389. The summed E-state index contributed by atoms with van der Waals surface area (Å²) in [6.07, 6.45) is 0.962. The summed E-state index contributed by atoms with van der Waals surface area (Å²) in [7, 11) is 0. The third kappa shape index (κ3) is 5.73. The first kappa shape index (κ1) is 23.0. The average Bonchev–Trinajstić information content (AvgIpc) is 2.77. The Morgan fingerprint density at radius 2 is 1.55 bits per heavy atom. The molecule has 0 radical (unpaired) electrons. The van der Waals surface area contributed by atoms with E-state index >= 15 is 0 Å². The zero-order chi connectivity index (χ0) is 22.4. The van der Waals surface area contributed by atoms with Crippen molar-refractivity contribution in [3.63, 3.8) is 0 Å². The third-order valence-corrected chi connectivity index (χ3v) is 6.43. The van der Waals surface area contributed by atoms with Gasteiger partial charge in [-0.05, 0) is 36.5 Å². The first-order valence-electron chi connectivity index (χ1n) is 11.3. The number of hydrogen-bond donors (Lipinski definition) is 1. The van der Waals surface area contributed by atoms with E-state index in [9.17, 15) is 9.59 Å². The lowest BCUT2D eigenvalue weighted by molar-refractivity contribution is -0.136. The first-order chi connectivity index (χ1) is 14.9. The molecule has 2 aromatic carbocycles. The molecule has 1 aliphatic heterocycles. The summed E-state index contributed by atoms with van der Waals surface area (Å²) in [4.78, 5) is 30.1. The quantitative estimate of drug-likeness (QED) is 0.728. The van der Waals surface area contributed by atoms with Gasteiger partial charge in [-0.15, -0.1) is 0 Å². The van der Waals surface area contributed by atoms with Gasteiger partial charge in [0.05, 0.1) is 12.5 Å². The molecule has 0 spiro atoms. The Balaban J connectivity index is 1.57. The molecule has 2 unspecified atom stereocenters. The number of nitrogens with one attached hydrogen (secondary N) is 1. The maximum atomic E-state index is 13.4. The number of piperazine rings is 1. The number of carbonyl (C=O) groups is 2. The van der Waals surface area contributed by atoms with Crippen LogP contribution in [-0.2, 0) is 9.59 Å². The van der Waals surface area contributed by atoms with Crippen molar-refractivity contribution in [3.05, 3.63) is 65.2 Å². The minimum Gasteiger partial charge on any atom is -0.340 e. The van der Waals surface area contributed by atoms with Gasteiger partial charge in [-0.2, -0.15) is 0 Å². The van der Waals surface area contributed by atoms with E-state index in [1.54, 1.807) is 0 Å². The lowest BCUT2D eigenvalue weighted by Crippen LogP contribution is -2.52. The molecule has 2 amide bonds. The molecular weight excluding hydrogens is 386 g/mol. The molecule has 3 rings (SSSR count). The average molecular weight is 422 g/mol. The molecule has 5 nitrogen and oxygen atoms in total. The van der Waals surface area contributed by atoms with E-state index in [4.69, 9.17) is 0 Å². The second-order valence-electron chi connectivity index (χ2n) is 8.69. The van der Waals surface area contributed by atoms with Gasteiger partial charge in [-0.1, -0.05) is 68.8 Å². The summed E-state index contributed by atoms with van der Waals surface area (Å²) < 4.78 is 0. The van der Waals surface area contributed by atoms with Gasteiger partial charge in [-0.25, -0.2) is 0 Å². The van der Waals surface area contributed by atoms with Crippen LogP contribution < -0.4 is 5.32 Å². The largest absolute Gasteiger partial charge is 0.340 e. The highest BCUT2D eigenvalue weighted by molar-refractivity contribution is 5.93. The van der Waals surface area contributed by atoms with Gasteiger partial charge < -0.3 is 10.2 Å². The lowest BCUT2D eigenvalue weighted by atomic mass is 9.84. The molecule has 5 heteroatoms. The Kier molecular flexibility index (Phi) is 7.85. The molecule has 1 heterocycles. The standard InChI is InChI=1S/C26H35N3O2/c1-5-19(2)24(22-12-7-6-8-13-22)26(31)29-16-14-28(15-17-29)18-23(30)27-25-20(3)10-9-11-21(25)4/h6-13,19,24H,5,14-18H2,1-4H3,(H,27,30). The molecule has 166 valence electrons. The van der Waals surface area contributed by atoms with Gasteiger partial charge in [0.1, 0.15) is 0 Å². The van der Waals surface area contributed by atoms with Crippen molar-refractivity contribution in [1.29, 1.82) is 0 Å². The lowest BCUT2D eigenvalue weighted by Gasteiger charge is -2.37. The van der Waals surface area contributed by atoms with Gasteiger partial charge in [0, 0.05) is 31.9 Å². The highest BCUT2D eigenvalue weighted by Gasteiger charge is 2.32. The fourth-order valence-electron chi connectivity index (χ4n) is 4.33. The molecule has 1 N–H and O–H groups in total. The van der Waals surface area contributed by atoms with E-state index in [0.717, 1.165) is 28.8 Å². The summed E-state index contributed by atoms with van der Waals surface area (Å²) in [5, 5.41) is 3.06. The molecule has 1 aliphatic rings. The SMILES string of the molecule is CCC(C)C(C(=O)N1CCN(CC(=O)Nc2c(C)cccc2C)CC1)c1ccccc1. The van der Waals surface area contributed by atoms with Gasteiger partial charge in [-0.3, -0.25) is 14.5 Å². The number of nitrogens with zero attached hydrogens (tertiary/aromatic N) is 2. The number of amides is 2. The number of benzene rings is 2. The van der Waals surface area contributed by atoms with E-state index < -0.39 is 0 Å². The summed E-state index contributed by atoms with van der Waals surface area (Å²) in [6.45, 7) is 11.4. The molecule has 31 heavy (non-hydrogen) atoms. The Morgan fingerprint density at radius 3 is 2.13 bits per heavy atom. The van der Waals surface area contributed by atoms with Crippen molar-refractivity contribution in [2.45, 2.75) is 40.0 Å². The van der Waals surface area contributed by atoms with Gasteiger partial charge >= 0.3 is 0 Å². The van der Waals surface area contributed by atoms with Crippen molar-refractivity contribution in [3.8, 4) is 0 Å². The Morgan fingerprint density at radius 1 is 0.935 bits per heavy atom. The first-order valence-corrected chi connectivity index (χ1v) is 11.3. The summed E-state index contributed by atoms with van der Waals surface area (Å²) >= 11 is 0. The van der Waals surface area contributed by atoms with Crippen LogP contribution in [0.3, 0.4) is 0 Å². The highest BCUT2D eigenvalue weighted by atomic mass is 16.2. The topological polar surface area (TPSA) is 52.7 Å². The Hall–Kier alpha value is -2.66. The van der Waals surface area contributed by atoms with E-state index in [1.807, 2.05) is 55.1 Å². The summed E-state index contributed by atoms with van der Waals surface area (Å²) in [5.41, 5.74) is 4.14. The third-order valence-electron chi connectivity index (χ3n) is 6.43. The van der Waals surface area contributed by atoms with Crippen LogP contribution in [0.5, 0.6) is 0 Å². The van der Waals surface area contributed by atoms with Crippen LogP contribution in [0.15, 0.2) is 48.5 Å². The fraction of sp³-hybridized carbons (Fsp3) is 0.462. The van der Waals surface area contributed by atoms with E-state index in [-0.39, 0.29) is 23.7 Å². The molecule has 1 saturated heterocycles. The number of carbonyl (C=O) groups excluding carboxylic acids is 2. The molecular formula is C26H35N3O2. The Labute approximate surface area is 186 Å². The van der Waals surface area contributed by atoms with Crippen molar-refractivity contribution in [2.75, 3.05) is 38.0 Å². The van der Waals surface area contributed by atoms with Crippen LogP contribution in [0.25, 0.3) is 0 Å². The molecule has 2 atom stereocenters. The molecule has 2 aromatic rings. The molecule has 0 saturated carbocycles. The molecule has 0 aromatic heterocycles. The molecule has 0 aliphatic carbocycles. The second kappa shape index (κ2) is 10.6. The number of para-hydroxylation sites is 1. The minimum absolute atomic E-state index is 0.000978. The highest BCUT2D eigenvalue weighted by Crippen LogP contribution is 2.29. The molecule has 0 bridgehead atoms. The van der Waals surface area contributed by atoms with E-state index in [1.165, 1.54) is 0 Å². The van der Waals surface area contributed by atoms with E-state index in [2.05, 4.69) is 36.2 Å². The number of hydrogen-bond acceptors (Lipinski definition) is 3. The Bertz CT molecular complexity index is 869. The summed E-state index contributed by atoms with van der Waals surface area (Å²) in [6, 6.07) is 16.1. The van der Waals surface area contributed by atoms with Crippen molar-refractivity contribution >= 4 is 17.5 Å². The van der Waals surface area contributed by atoms with Crippen LogP contribution in [0.1, 0.15) is 42.9 Å². The molecule has 1 fully saturated rings. The van der Waals surface area contributed by atoms with E-state index in [0.29, 0.717) is 32.7 Å². The predicted octanol–water partition coefficient (Wildman–Crippen LogP) is 4.22. The van der Waals surface area contributed by atoms with Crippen LogP contribution in [-0.4, -0.2) is 54.3 Å². The van der Waals surface area contributed by atoms with Crippen molar-refractivity contribution in [2.24, 2.45) is 5.92 Å². The number of rotatable bonds is 7. The van der Waals surface area contributed by atoms with Gasteiger partial charge in [0.25, 0.3) is 0 Å². The second-order valence-corrected chi connectivity index (χ2v) is 8.69. The van der Waals surface area contributed by atoms with Crippen molar-refractivity contribution < 1.29 is 9.59 Å². The normalized spacial score (nSPS) is 16.6. The van der Waals surface area contributed by atoms with Crippen LogP contribution >= 0.6 is 0 Å². The number of anilines is 1. The number of aryl methyl sites for hydroxylation is 2. The zero-order valence-electron chi connectivity index (χ0n) is 19.2.